The number of thiazole rings is 1. The number of nitrogens with one attached hydrogen (secondary N) is 1. The van der Waals surface area contributed by atoms with Crippen LogP contribution in [0.4, 0.5) is 0 Å². The summed E-state index contributed by atoms with van der Waals surface area (Å²) in [5.41, 5.74) is 0. The number of likely N-dealkylation sites (N-methyl/N-ethyl adjacent to an activating group) is 1. The number of nitrogens with zero attached hydrogens (tertiary/aromatic N) is 3. The fraction of sp³-hybridized carbons (Fsp3) is 0.412. The minimum absolute atomic E-state index is 0. The lowest BCUT2D eigenvalue weighted by Gasteiger charge is -2.22. The van der Waals surface area contributed by atoms with Crippen LogP contribution in [-0.4, -0.2) is 49.6 Å². The summed E-state index contributed by atoms with van der Waals surface area (Å²) >= 11 is 7.68. The molecule has 0 saturated heterocycles. The lowest BCUT2D eigenvalue weighted by atomic mass is 10.3. The van der Waals surface area contributed by atoms with Crippen LogP contribution in [0.1, 0.15) is 9.88 Å². The Morgan fingerprint density at radius 3 is 2.88 bits per heavy atom. The van der Waals surface area contributed by atoms with Crippen LogP contribution in [0.15, 0.2) is 35.5 Å². The second-order valence-electron chi connectivity index (χ2n) is 5.32. The Morgan fingerprint density at radius 1 is 1.44 bits per heavy atom. The van der Waals surface area contributed by atoms with Crippen LogP contribution in [0.2, 0.25) is 5.02 Å². The molecular weight excluding hydrogens is 471 g/mol. The first-order chi connectivity index (χ1) is 11.6. The van der Waals surface area contributed by atoms with Crippen molar-refractivity contribution in [3.63, 3.8) is 0 Å². The zero-order valence-electron chi connectivity index (χ0n) is 14.7. The van der Waals surface area contributed by atoms with E-state index in [2.05, 4.69) is 22.2 Å². The van der Waals surface area contributed by atoms with Crippen LogP contribution in [0.5, 0.6) is 5.75 Å². The molecule has 2 rings (SSSR count). The molecule has 0 radical (unpaired) electrons. The van der Waals surface area contributed by atoms with Crippen molar-refractivity contribution in [3.8, 4) is 5.75 Å². The van der Waals surface area contributed by atoms with Crippen molar-refractivity contribution < 1.29 is 4.74 Å². The number of ether oxygens (including phenoxy) is 1. The molecule has 1 N–H and O–H groups in total. The lowest BCUT2D eigenvalue weighted by Crippen LogP contribution is -2.41. The molecule has 0 spiro atoms. The van der Waals surface area contributed by atoms with Crippen LogP contribution in [0, 0.1) is 6.92 Å². The molecule has 25 heavy (non-hydrogen) atoms. The van der Waals surface area contributed by atoms with Gasteiger partial charge in [0.1, 0.15) is 12.4 Å². The Hall–Kier alpha value is -1.06. The largest absolute Gasteiger partial charge is 0.492 e. The Balaban J connectivity index is 0.00000312. The van der Waals surface area contributed by atoms with Crippen LogP contribution in [-0.2, 0) is 6.42 Å². The number of benzene rings is 1. The zero-order valence-corrected chi connectivity index (χ0v) is 18.6. The quantitative estimate of drug-likeness (QED) is 0.361. The summed E-state index contributed by atoms with van der Waals surface area (Å²) < 4.78 is 5.71. The molecule has 138 valence electrons. The maximum absolute atomic E-state index is 5.94. The van der Waals surface area contributed by atoms with Gasteiger partial charge in [-0.2, -0.15) is 0 Å². The highest BCUT2D eigenvalue weighted by Crippen LogP contribution is 2.16. The van der Waals surface area contributed by atoms with Crippen molar-refractivity contribution in [2.45, 2.75) is 13.3 Å². The van der Waals surface area contributed by atoms with Gasteiger partial charge in [-0.1, -0.05) is 17.7 Å². The number of hydrogen-bond acceptors (Lipinski definition) is 4. The fourth-order valence-electron chi connectivity index (χ4n) is 2.15. The van der Waals surface area contributed by atoms with E-state index in [0.29, 0.717) is 11.6 Å². The predicted molar refractivity (Wildman–Crippen MR) is 117 cm³/mol. The summed E-state index contributed by atoms with van der Waals surface area (Å²) in [5, 5.41) is 5.17. The van der Waals surface area contributed by atoms with E-state index in [1.807, 2.05) is 42.4 Å². The van der Waals surface area contributed by atoms with E-state index in [4.69, 9.17) is 16.3 Å². The first-order valence-corrected chi connectivity index (χ1v) is 8.99. The van der Waals surface area contributed by atoms with E-state index >= 15 is 0 Å². The third-order valence-corrected chi connectivity index (χ3v) is 4.56. The molecule has 0 aliphatic heterocycles. The van der Waals surface area contributed by atoms with Gasteiger partial charge in [-0.15, -0.1) is 35.3 Å². The van der Waals surface area contributed by atoms with Crippen molar-refractivity contribution in [2.75, 3.05) is 33.8 Å². The number of guanidine groups is 1. The molecule has 0 aliphatic rings. The number of rotatable bonds is 7. The Kier molecular flexibility index (Phi) is 10.1. The monoisotopic (exact) mass is 494 g/mol. The molecule has 0 bridgehead atoms. The SMILES string of the molecule is CN=C(NCCc1ncc(C)s1)N(C)CCOc1cccc(Cl)c1.I. The summed E-state index contributed by atoms with van der Waals surface area (Å²) in [6.07, 6.45) is 2.80. The summed E-state index contributed by atoms with van der Waals surface area (Å²) in [6.45, 7) is 4.16. The fourth-order valence-corrected chi connectivity index (χ4v) is 3.11. The van der Waals surface area contributed by atoms with Crippen LogP contribution >= 0.6 is 46.9 Å². The van der Waals surface area contributed by atoms with Gasteiger partial charge in [0.2, 0.25) is 0 Å². The van der Waals surface area contributed by atoms with Gasteiger partial charge < -0.3 is 15.0 Å². The first-order valence-electron chi connectivity index (χ1n) is 7.80. The van der Waals surface area contributed by atoms with Gasteiger partial charge in [0.15, 0.2) is 5.96 Å². The van der Waals surface area contributed by atoms with Gasteiger partial charge in [-0.3, -0.25) is 4.99 Å². The second kappa shape index (κ2) is 11.5. The minimum Gasteiger partial charge on any atom is -0.492 e. The second-order valence-corrected chi connectivity index (χ2v) is 7.07. The molecular formula is C17H24ClIN4OS. The molecule has 1 aromatic carbocycles. The predicted octanol–water partition coefficient (Wildman–Crippen LogP) is 3.85. The van der Waals surface area contributed by atoms with Gasteiger partial charge in [-0.05, 0) is 25.1 Å². The normalized spacial score (nSPS) is 11.0. The summed E-state index contributed by atoms with van der Waals surface area (Å²) in [6, 6.07) is 7.41. The molecule has 2 aromatic rings. The lowest BCUT2D eigenvalue weighted by molar-refractivity contribution is 0.281. The topological polar surface area (TPSA) is 49.8 Å². The van der Waals surface area contributed by atoms with Crippen molar-refractivity contribution >= 4 is 52.9 Å². The molecule has 5 nitrogen and oxygen atoms in total. The van der Waals surface area contributed by atoms with E-state index in [9.17, 15) is 0 Å². The smallest absolute Gasteiger partial charge is 0.193 e. The van der Waals surface area contributed by atoms with Crippen molar-refractivity contribution in [3.05, 3.63) is 45.4 Å². The zero-order chi connectivity index (χ0) is 17.4. The van der Waals surface area contributed by atoms with Crippen LogP contribution in [0.3, 0.4) is 0 Å². The van der Waals surface area contributed by atoms with Crippen molar-refractivity contribution in [2.24, 2.45) is 4.99 Å². The third-order valence-electron chi connectivity index (χ3n) is 3.36. The summed E-state index contributed by atoms with van der Waals surface area (Å²) in [7, 11) is 3.77. The molecule has 0 amide bonds. The highest BCUT2D eigenvalue weighted by molar-refractivity contribution is 14.0. The number of hydrogen-bond donors (Lipinski definition) is 1. The number of aryl methyl sites for hydroxylation is 1. The van der Waals surface area contributed by atoms with Gasteiger partial charge in [0, 0.05) is 43.2 Å². The number of halogens is 2. The van der Waals surface area contributed by atoms with Gasteiger partial charge in [-0.25, -0.2) is 4.98 Å². The van der Waals surface area contributed by atoms with Crippen molar-refractivity contribution in [1.29, 1.82) is 0 Å². The van der Waals surface area contributed by atoms with Crippen LogP contribution in [0.25, 0.3) is 0 Å². The maximum atomic E-state index is 5.94. The van der Waals surface area contributed by atoms with Gasteiger partial charge in [0.05, 0.1) is 11.6 Å². The molecule has 0 fully saturated rings. The first kappa shape index (κ1) is 22.0. The molecule has 0 unspecified atom stereocenters. The molecule has 0 saturated carbocycles. The maximum Gasteiger partial charge on any atom is 0.193 e. The Morgan fingerprint density at radius 2 is 2.24 bits per heavy atom. The van der Waals surface area contributed by atoms with E-state index in [0.717, 1.165) is 36.2 Å². The minimum atomic E-state index is 0. The Labute approximate surface area is 175 Å². The highest BCUT2D eigenvalue weighted by Gasteiger charge is 2.06. The third kappa shape index (κ3) is 7.79. The van der Waals surface area contributed by atoms with E-state index in [1.165, 1.54) is 4.88 Å². The number of aliphatic imine (C=N–C) groups is 1. The summed E-state index contributed by atoms with van der Waals surface area (Å²) in [4.78, 5) is 11.9. The van der Waals surface area contributed by atoms with E-state index < -0.39 is 0 Å². The van der Waals surface area contributed by atoms with Crippen LogP contribution < -0.4 is 10.1 Å². The standard InChI is InChI=1S/C17H23ClN4OS.HI/c1-13-12-21-16(24-13)7-8-20-17(19-2)22(3)9-10-23-15-6-4-5-14(18)11-15;/h4-6,11-12H,7-10H2,1-3H3,(H,19,20);1H. The molecule has 8 heteroatoms. The summed E-state index contributed by atoms with van der Waals surface area (Å²) in [5.74, 6) is 1.62. The van der Waals surface area contributed by atoms with Gasteiger partial charge in [0.25, 0.3) is 0 Å². The average Bonchev–Trinajstić information content (AvgIpc) is 2.97. The molecule has 1 aromatic heterocycles. The molecule has 0 atom stereocenters. The average molecular weight is 495 g/mol. The molecule has 0 aliphatic carbocycles. The molecule has 1 heterocycles. The number of aromatic nitrogens is 1. The van der Waals surface area contributed by atoms with E-state index in [-0.39, 0.29) is 24.0 Å². The van der Waals surface area contributed by atoms with Gasteiger partial charge >= 0.3 is 0 Å². The van der Waals surface area contributed by atoms with E-state index in [1.54, 1.807) is 18.4 Å². The van der Waals surface area contributed by atoms with Crippen molar-refractivity contribution in [1.82, 2.24) is 15.2 Å². The highest BCUT2D eigenvalue weighted by atomic mass is 127. The Bertz CT molecular complexity index is 680.